The highest BCUT2D eigenvalue weighted by Crippen LogP contribution is 2.25. The molecule has 1 aromatic heterocycles. The van der Waals surface area contributed by atoms with Gasteiger partial charge in [-0.1, -0.05) is 18.3 Å². The molecule has 3 heterocycles. The molecule has 4 heteroatoms. The minimum absolute atomic E-state index is 0.0161. The fourth-order valence-corrected chi connectivity index (χ4v) is 3.94. The van der Waals surface area contributed by atoms with Crippen LogP contribution in [0.5, 0.6) is 0 Å². The number of hydrogen-bond donors (Lipinski definition) is 0. The van der Waals surface area contributed by atoms with Crippen LogP contribution in [0.2, 0.25) is 0 Å². The standard InChI is InChI=1S/C21H24N2O2/c1-22-19(7-5-16-6-8-20-17(13-16)9-12-25-20)14-18(21(22)24)15-23-10-3-2-4-11-23/h6,8-9,12-13,18-19H,2-4,10-11,14-15H2,1H3/t18-,19-/m1/s1. The van der Waals surface area contributed by atoms with Crippen LogP contribution in [0.15, 0.2) is 34.9 Å². The topological polar surface area (TPSA) is 36.7 Å². The van der Waals surface area contributed by atoms with Gasteiger partial charge in [0, 0.05) is 24.5 Å². The van der Waals surface area contributed by atoms with E-state index in [9.17, 15) is 4.79 Å². The summed E-state index contributed by atoms with van der Waals surface area (Å²) in [5.41, 5.74) is 1.84. The van der Waals surface area contributed by atoms with Crippen LogP contribution in [0.1, 0.15) is 31.2 Å². The van der Waals surface area contributed by atoms with Gasteiger partial charge in [0.1, 0.15) is 5.58 Å². The van der Waals surface area contributed by atoms with E-state index in [0.29, 0.717) is 0 Å². The van der Waals surface area contributed by atoms with Gasteiger partial charge in [-0.3, -0.25) is 4.79 Å². The molecule has 2 aliphatic rings. The van der Waals surface area contributed by atoms with Crippen molar-refractivity contribution >= 4 is 16.9 Å². The zero-order valence-corrected chi connectivity index (χ0v) is 14.7. The number of piperidine rings is 1. The molecule has 0 aliphatic carbocycles. The first-order valence-electron chi connectivity index (χ1n) is 9.18. The molecule has 2 saturated heterocycles. The van der Waals surface area contributed by atoms with E-state index in [1.54, 1.807) is 6.26 Å². The lowest BCUT2D eigenvalue weighted by Gasteiger charge is -2.28. The number of likely N-dealkylation sites (tertiary alicyclic amines) is 2. The molecule has 2 atom stereocenters. The summed E-state index contributed by atoms with van der Waals surface area (Å²) in [4.78, 5) is 16.8. The summed E-state index contributed by atoms with van der Waals surface area (Å²) >= 11 is 0. The average Bonchev–Trinajstić information content (AvgIpc) is 3.20. The maximum atomic E-state index is 12.6. The average molecular weight is 336 g/mol. The summed E-state index contributed by atoms with van der Waals surface area (Å²) in [6, 6.07) is 7.92. The van der Waals surface area contributed by atoms with Crippen molar-refractivity contribution < 1.29 is 9.21 Å². The molecule has 0 unspecified atom stereocenters. The third-order valence-electron chi connectivity index (χ3n) is 5.43. The third-order valence-corrected chi connectivity index (χ3v) is 5.43. The van der Waals surface area contributed by atoms with Crippen LogP contribution in [-0.2, 0) is 4.79 Å². The molecule has 1 aromatic carbocycles. The molecular weight excluding hydrogens is 312 g/mol. The molecule has 4 nitrogen and oxygen atoms in total. The normalized spacial score (nSPS) is 24.5. The Morgan fingerprint density at radius 1 is 1.20 bits per heavy atom. The first-order valence-corrected chi connectivity index (χ1v) is 9.18. The molecule has 2 aromatic rings. The molecule has 1 amide bonds. The molecule has 0 radical (unpaired) electrons. The second-order valence-electron chi connectivity index (χ2n) is 7.20. The Hall–Kier alpha value is -2.25. The van der Waals surface area contributed by atoms with Crippen molar-refractivity contribution in [3.8, 4) is 11.8 Å². The lowest BCUT2D eigenvalue weighted by Crippen LogP contribution is -2.37. The summed E-state index contributed by atoms with van der Waals surface area (Å²) in [5, 5.41) is 1.06. The van der Waals surface area contributed by atoms with Gasteiger partial charge in [0.2, 0.25) is 5.91 Å². The van der Waals surface area contributed by atoms with E-state index in [1.165, 1.54) is 19.3 Å². The van der Waals surface area contributed by atoms with Crippen molar-refractivity contribution in [2.24, 2.45) is 5.92 Å². The molecule has 2 aliphatic heterocycles. The van der Waals surface area contributed by atoms with Crippen LogP contribution in [0.25, 0.3) is 11.0 Å². The highest BCUT2D eigenvalue weighted by Gasteiger charge is 2.37. The zero-order valence-electron chi connectivity index (χ0n) is 14.7. The summed E-state index contributed by atoms with van der Waals surface area (Å²) < 4.78 is 5.36. The Morgan fingerprint density at radius 3 is 2.88 bits per heavy atom. The Bertz CT molecular complexity index is 823. The fraction of sp³-hybridized carbons (Fsp3) is 0.476. The second kappa shape index (κ2) is 6.93. The van der Waals surface area contributed by atoms with E-state index in [0.717, 1.165) is 42.6 Å². The first kappa shape index (κ1) is 16.2. The second-order valence-corrected chi connectivity index (χ2v) is 7.20. The molecule has 4 rings (SSSR count). The van der Waals surface area contributed by atoms with Gasteiger partial charge in [-0.15, -0.1) is 0 Å². The minimum Gasteiger partial charge on any atom is -0.464 e. The van der Waals surface area contributed by atoms with Gasteiger partial charge in [0.25, 0.3) is 0 Å². The van der Waals surface area contributed by atoms with Crippen molar-refractivity contribution in [2.45, 2.75) is 31.7 Å². The van der Waals surface area contributed by atoms with Crippen LogP contribution >= 0.6 is 0 Å². The van der Waals surface area contributed by atoms with Crippen LogP contribution in [0.4, 0.5) is 0 Å². The van der Waals surface area contributed by atoms with E-state index < -0.39 is 0 Å². The lowest BCUT2D eigenvalue weighted by molar-refractivity contribution is -0.130. The Morgan fingerprint density at radius 2 is 2.04 bits per heavy atom. The van der Waals surface area contributed by atoms with E-state index in [2.05, 4.69) is 16.7 Å². The minimum atomic E-state index is 0.0161. The van der Waals surface area contributed by atoms with Crippen molar-refractivity contribution in [2.75, 3.05) is 26.7 Å². The number of hydrogen-bond acceptors (Lipinski definition) is 3. The van der Waals surface area contributed by atoms with Gasteiger partial charge >= 0.3 is 0 Å². The van der Waals surface area contributed by atoms with Crippen LogP contribution in [-0.4, -0.2) is 48.4 Å². The SMILES string of the molecule is CN1C(=O)[C@@H](CN2CCCCC2)C[C@H]1C#Cc1ccc2occc2c1. The number of benzene rings is 1. The molecule has 0 bridgehead atoms. The predicted molar refractivity (Wildman–Crippen MR) is 98.0 cm³/mol. The number of amides is 1. The highest BCUT2D eigenvalue weighted by atomic mass is 16.3. The smallest absolute Gasteiger partial charge is 0.227 e. The van der Waals surface area contributed by atoms with E-state index in [4.69, 9.17) is 4.42 Å². The first-order chi connectivity index (χ1) is 12.2. The fourth-order valence-electron chi connectivity index (χ4n) is 3.94. The van der Waals surface area contributed by atoms with Gasteiger partial charge in [-0.05, 0) is 56.6 Å². The molecule has 0 N–H and O–H groups in total. The number of carbonyl (C=O) groups is 1. The zero-order chi connectivity index (χ0) is 17.2. The Balaban J connectivity index is 1.44. The van der Waals surface area contributed by atoms with E-state index >= 15 is 0 Å². The van der Waals surface area contributed by atoms with Gasteiger partial charge in [0.05, 0.1) is 18.2 Å². The summed E-state index contributed by atoms with van der Waals surface area (Å²) in [5.74, 6) is 6.89. The van der Waals surface area contributed by atoms with Gasteiger partial charge in [-0.2, -0.15) is 0 Å². The largest absolute Gasteiger partial charge is 0.464 e. The number of furan rings is 1. The Labute approximate surface area is 148 Å². The lowest BCUT2D eigenvalue weighted by atomic mass is 10.0. The summed E-state index contributed by atoms with van der Waals surface area (Å²) in [6.45, 7) is 3.16. The number of nitrogens with zero attached hydrogens (tertiary/aromatic N) is 2. The van der Waals surface area contributed by atoms with Crippen molar-refractivity contribution in [1.29, 1.82) is 0 Å². The maximum absolute atomic E-state index is 12.6. The van der Waals surface area contributed by atoms with E-state index in [1.807, 2.05) is 36.2 Å². The van der Waals surface area contributed by atoms with E-state index in [-0.39, 0.29) is 17.9 Å². The van der Waals surface area contributed by atoms with Crippen LogP contribution < -0.4 is 0 Å². The number of rotatable bonds is 2. The van der Waals surface area contributed by atoms with Crippen molar-refractivity contribution in [1.82, 2.24) is 9.80 Å². The monoisotopic (exact) mass is 336 g/mol. The summed E-state index contributed by atoms with van der Waals surface area (Å²) in [7, 11) is 1.89. The van der Waals surface area contributed by atoms with Crippen molar-refractivity contribution in [3.05, 3.63) is 36.1 Å². The molecule has 2 fully saturated rings. The molecule has 25 heavy (non-hydrogen) atoms. The quantitative estimate of drug-likeness (QED) is 0.791. The maximum Gasteiger partial charge on any atom is 0.227 e. The predicted octanol–water partition coefficient (Wildman–Crippen LogP) is 3.12. The van der Waals surface area contributed by atoms with Crippen molar-refractivity contribution in [3.63, 3.8) is 0 Å². The highest BCUT2D eigenvalue weighted by molar-refractivity contribution is 5.82. The third kappa shape index (κ3) is 3.43. The van der Waals surface area contributed by atoms with Crippen LogP contribution in [0, 0.1) is 17.8 Å². The van der Waals surface area contributed by atoms with Crippen LogP contribution in [0.3, 0.4) is 0 Å². The molecular formula is C21H24N2O2. The Kier molecular flexibility index (Phi) is 4.50. The molecule has 0 saturated carbocycles. The van der Waals surface area contributed by atoms with Gasteiger partial charge in [0.15, 0.2) is 0 Å². The summed E-state index contributed by atoms with van der Waals surface area (Å²) in [6.07, 6.45) is 6.38. The van der Waals surface area contributed by atoms with Gasteiger partial charge < -0.3 is 14.2 Å². The number of carbonyl (C=O) groups excluding carboxylic acids is 1. The molecule has 130 valence electrons. The number of fused-ring (bicyclic) bond motifs is 1. The van der Waals surface area contributed by atoms with Gasteiger partial charge in [-0.25, -0.2) is 0 Å². The molecule has 0 spiro atoms.